The number of hydrogen-bond acceptors (Lipinski definition) is 4. The van der Waals surface area contributed by atoms with Crippen molar-refractivity contribution in [3.63, 3.8) is 0 Å². The molecule has 5 nitrogen and oxygen atoms in total. The highest BCUT2D eigenvalue weighted by Gasteiger charge is 2.52. The summed E-state index contributed by atoms with van der Waals surface area (Å²) in [7, 11) is 0. The lowest BCUT2D eigenvalue weighted by molar-refractivity contribution is -0.118. The summed E-state index contributed by atoms with van der Waals surface area (Å²) in [6.45, 7) is 11.8. The van der Waals surface area contributed by atoms with Crippen molar-refractivity contribution in [1.82, 2.24) is 0 Å². The van der Waals surface area contributed by atoms with Gasteiger partial charge in [0.1, 0.15) is 0 Å². The number of benzene rings is 2. The minimum absolute atomic E-state index is 0.0727. The molecule has 0 bridgehead atoms. The first-order valence-electron chi connectivity index (χ1n) is 12.4. The summed E-state index contributed by atoms with van der Waals surface area (Å²) in [5.41, 5.74) is 4.30. The second-order valence-electron chi connectivity index (χ2n) is 10.9. The maximum Gasteiger partial charge on any atom is 0.235 e. The van der Waals surface area contributed by atoms with Gasteiger partial charge in [0.15, 0.2) is 11.5 Å². The van der Waals surface area contributed by atoms with Gasteiger partial charge in [-0.1, -0.05) is 40.7 Å². The number of ether oxygens (including phenoxy) is 2. The van der Waals surface area contributed by atoms with Gasteiger partial charge >= 0.3 is 0 Å². The van der Waals surface area contributed by atoms with Crippen molar-refractivity contribution in [2.75, 3.05) is 17.0 Å². The number of nitrogens with zero attached hydrogens (tertiary/aromatic N) is 1. The second kappa shape index (κ2) is 7.96. The van der Waals surface area contributed by atoms with Gasteiger partial charge in [0, 0.05) is 23.5 Å². The third-order valence-corrected chi connectivity index (χ3v) is 7.81. The molecule has 0 saturated heterocycles. The van der Waals surface area contributed by atoms with E-state index in [0.717, 1.165) is 54.9 Å². The summed E-state index contributed by atoms with van der Waals surface area (Å²) >= 11 is 0. The zero-order valence-corrected chi connectivity index (χ0v) is 20.5. The number of rotatable bonds is 6. The molecule has 1 aliphatic carbocycles. The van der Waals surface area contributed by atoms with Crippen LogP contribution in [-0.4, -0.2) is 24.8 Å². The largest absolute Gasteiger partial charge is 0.454 e. The Labute approximate surface area is 197 Å². The monoisotopic (exact) mass is 448 g/mol. The molecule has 5 rings (SSSR count). The van der Waals surface area contributed by atoms with Gasteiger partial charge in [-0.2, -0.15) is 0 Å². The van der Waals surface area contributed by atoms with Gasteiger partial charge in [0.05, 0.1) is 5.41 Å². The molecule has 1 amide bonds. The van der Waals surface area contributed by atoms with Crippen molar-refractivity contribution in [3.05, 3.63) is 47.5 Å². The lowest BCUT2D eigenvalue weighted by Gasteiger charge is -2.41. The van der Waals surface area contributed by atoms with Gasteiger partial charge < -0.3 is 19.7 Å². The van der Waals surface area contributed by atoms with E-state index >= 15 is 0 Å². The third kappa shape index (κ3) is 3.75. The van der Waals surface area contributed by atoms with E-state index in [-0.39, 0.29) is 18.1 Å². The summed E-state index contributed by atoms with van der Waals surface area (Å²) in [5.74, 6) is 1.56. The van der Waals surface area contributed by atoms with Gasteiger partial charge in [0.25, 0.3) is 0 Å². The average molecular weight is 449 g/mol. The Morgan fingerprint density at radius 3 is 2.48 bits per heavy atom. The van der Waals surface area contributed by atoms with E-state index in [1.165, 1.54) is 11.3 Å². The number of carbonyl (C=O) groups excluding carboxylic acids is 1. The first-order chi connectivity index (χ1) is 15.8. The molecule has 1 N–H and O–H groups in total. The minimum atomic E-state index is -0.463. The molecule has 1 atom stereocenters. The molecule has 33 heavy (non-hydrogen) atoms. The first kappa shape index (κ1) is 22.1. The number of amides is 1. The van der Waals surface area contributed by atoms with Gasteiger partial charge in [-0.25, -0.2) is 0 Å². The molecule has 0 radical (unpaired) electrons. The van der Waals surface area contributed by atoms with Crippen molar-refractivity contribution in [1.29, 1.82) is 0 Å². The molecular formula is C28H36N2O3. The maximum atomic E-state index is 13.4. The van der Waals surface area contributed by atoms with E-state index in [2.05, 4.69) is 63.0 Å². The fourth-order valence-corrected chi connectivity index (χ4v) is 5.63. The summed E-state index contributed by atoms with van der Waals surface area (Å²) in [6, 6.07) is 13.4. The number of anilines is 2. The summed E-state index contributed by atoms with van der Waals surface area (Å²) in [6.07, 6.45) is 5.01. The Kier molecular flexibility index (Phi) is 5.34. The molecular weight excluding hydrogens is 412 g/mol. The van der Waals surface area contributed by atoms with Crippen LogP contribution in [0.3, 0.4) is 0 Å². The van der Waals surface area contributed by atoms with E-state index in [4.69, 9.17) is 9.47 Å². The van der Waals surface area contributed by atoms with E-state index in [9.17, 15) is 4.79 Å². The van der Waals surface area contributed by atoms with Gasteiger partial charge in [-0.3, -0.25) is 4.79 Å². The predicted octanol–water partition coefficient (Wildman–Crippen LogP) is 6.05. The molecule has 0 aromatic heterocycles. The summed E-state index contributed by atoms with van der Waals surface area (Å²) < 4.78 is 11.0. The highest BCUT2D eigenvalue weighted by molar-refractivity contribution is 6.01. The topological polar surface area (TPSA) is 50.8 Å². The van der Waals surface area contributed by atoms with Crippen LogP contribution in [0.5, 0.6) is 11.5 Å². The second-order valence-corrected chi connectivity index (χ2v) is 10.9. The zero-order valence-electron chi connectivity index (χ0n) is 20.5. The molecule has 2 aliphatic heterocycles. The smallest absolute Gasteiger partial charge is 0.235 e. The van der Waals surface area contributed by atoms with E-state index < -0.39 is 5.41 Å². The van der Waals surface area contributed by atoms with Crippen molar-refractivity contribution < 1.29 is 14.3 Å². The van der Waals surface area contributed by atoms with Crippen molar-refractivity contribution >= 4 is 17.3 Å². The third-order valence-electron chi connectivity index (χ3n) is 7.81. The molecule has 2 aromatic rings. The number of fused-ring (bicyclic) bond motifs is 2. The molecule has 1 fully saturated rings. The SMILES string of the molecule is CCC(CC)N1c2ccc(NC(=O)C3(c4ccc5c(c4)OCO5)CC3)cc2CC1C(C)(C)C. The normalized spacial score (nSPS) is 20.2. The van der Waals surface area contributed by atoms with E-state index in [1.807, 2.05) is 18.2 Å². The molecule has 2 aromatic carbocycles. The summed E-state index contributed by atoms with van der Waals surface area (Å²) in [5, 5.41) is 3.24. The Balaban J connectivity index is 1.39. The van der Waals surface area contributed by atoms with E-state index in [0.29, 0.717) is 12.1 Å². The Morgan fingerprint density at radius 2 is 1.82 bits per heavy atom. The highest BCUT2D eigenvalue weighted by atomic mass is 16.7. The highest BCUT2D eigenvalue weighted by Crippen LogP contribution is 2.51. The van der Waals surface area contributed by atoms with Crippen LogP contribution >= 0.6 is 0 Å². The first-order valence-corrected chi connectivity index (χ1v) is 12.4. The molecule has 5 heteroatoms. The standard InChI is InChI=1S/C28H36N2O3/c1-6-21(7-2)30-22-10-9-20(14-18(22)15-25(30)27(3,4)5)29-26(31)28(12-13-28)19-8-11-23-24(16-19)33-17-32-23/h8-11,14,16,21,25H,6-7,12-13,15,17H2,1-5H3,(H,29,31). The number of carbonyl (C=O) groups is 1. The van der Waals surface area contributed by atoms with E-state index in [1.54, 1.807) is 0 Å². The number of nitrogens with one attached hydrogen (secondary N) is 1. The van der Waals surface area contributed by atoms with Gasteiger partial charge in [-0.05, 0) is 79.0 Å². The molecule has 3 aliphatic rings. The van der Waals surface area contributed by atoms with Crippen LogP contribution in [0.25, 0.3) is 0 Å². The van der Waals surface area contributed by atoms with Crippen molar-refractivity contribution in [2.24, 2.45) is 5.41 Å². The Hall–Kier alpha value is -2.69. The quantitative estimate of drug-likeness (QED) is 0.584. The molecule has 0 spiro atoms. The van der Waals surface area contributed by atoms with Crippen LogP contribution in [-0.2, 0) is 16.6 Å². The van der Waals surface area contributed by atoms with Crippen molar-refractivity contribution in [2.45, 2.75) is 84.2 Å². The van der Waals surface area contributed by atoms with Gasteiger partial charge in [0.2, 0.25) is 12.7 Å². The molecule has 2 heterocycles. The minimum Gasteiger partial charge on any atom is -0.454 e. The molecule has 1 saturated carbocycles. The van der Waals surface area contributed by atoms with Crippen LogP contribution in [0.2, 0.25) is 0 Å². The average Bonchev–Trinajstić information content (AvgIpc) is 3.31. The Bertz CT molecular complexity index is 1060. The van der Waals surface area contributed by atoms with Crippen LogP contribution in [0.1, 0.15) is 71.4 Å². The molecule has 1 unspecified atom stereocenters. The lowest BCUT2D eigenvalue weighted by Crippen LogP contribution is -2.47. The van der Waals surface area contributed by atoms with Crippen LogP contribution < -0.4 is 19.7 Å². The predicted molar refractivity (Wildman–Crippen MR) is 132 cm³/mol. The fraction of sp³-hybridized carbons (Fsp3) is 0.536. The fourth-order valence-electron chi connectivity index (χ4n) is 5.63. The maximum absolute atomic E-state index is 13.4. The van der Waals surface area contributed by atoms with Gasteiger partial charge in [-0.15, -0.1) is 0 Å². The zero-order chi connectivity index (χ0) is 23.4. The Morgan fingerprint density at radius 1 is 1.09 bits per heavy atom. The van der Waals surface area contributed by atoms with Crippen LogP contribution in [0.4, 0.5) is 11.4 Å². The lowest BCUT2D eigenvalue weighted by atomic mass is 9.83. The summed E-state index contributed by atoms with van der Waals surface area (Å²) in [4.78, 5) is 16.0. The van der Waals surface area contributed by atoms with Crippen LogP contribution in [0, 0.1) is 5.41 Å². The van der Waals surface area contributed by atoms with Crippen molar-refractivity contribution in [3.8, 4) is 11.5 Å². The van der Waals surface area contributed by atoms with Crippen LogP contribution in [0.15, 0.2) is 36.4 Å². The number of hydrogen-bond donors (Lipinski definition) is 1. The molecule has 176 valence electrons.